The lowest BCUT2D eigenvalue weighted by atomic mass is 9.92. The van der Waals surface area contributed by atoms with Crippen molar-refractivity contribution >= 4 is 6.16 Å². The van der Waals surface area contributed by atoms with Crippen LogP contribution in [0, 0.1) is 0 Å². The Labute approximate surface area is 85.8 Å². The van der Waals surface area contributed by atoms with Gasteiger partial charge >= 0.3 is 6.16 Å². The van der Waals surface area contributed by atoms with Crippen LogP contribution in [-0.4, -0.2) is 18.4 Å². The molecule has 0 radical (unpaired) electrons. The van der Waals surface area contributed by atoms with E-state index in [-0.39, 0.29) is 5.60 Å². The summed E-state index contributed by atoms with van der Waals surface area (Å²) >= 11 is 0. The van der Waals surface area contributed by atoms with Gasteiger partial charge in [0.15, 0.2) is 0 Å². The molecule has 1 heterocycles. The van der Waals surface area contributed by atoms with Crippen LogP contribution in [0.1, 0.15) is 52.4 Å². The number of carbonyl (C=O) groups excluding carboxylic acids is 1. The van der Waals surface area contributed by atoms with E-state index in [0.717, 1.165) is 25.7 Å². The first-order chi connectivity index (χ1) is 6.72. The monoisotopic (exact) mass is 200 g/mol. The summed E-state index contributed by atoms with van der Waals surface area (Å²) in [6, 6.07) is 0. The van der Waals surface area contributed by atoms with Gasteiger partial charge < -0.3 is 9.47 Å². The van der Waals surface area contributed by atoms with Crippen LogP contribution < -0.4 is 0 Å². The van der Waals surface area contributed by atoms with Gasteiger partial charge in [0, 0.05) is 0 Å². The first-order valence-electron chi connectivity index (χ1n) is 5.58. The fraction of sp³-hybridized carbons (Fsp3) is 0.909. The average Bonchev–Trinajstić information content (AvgIpc) is 2.49. The van der Waals surface area contributed by atoms with E-state index in [9.17, 15) is 4.79 Å². The van der Waals surface area contributed by atoms with Gasteiger partial charge in [-0.3, -0.25) is 0 Å². The summed E-state index contributed by atoms with van der Waals surface area (Å²) in [5.74, 6) is 0. The third-order valence-corrected chi connectivity index (χ3v) is 2.69. The van der Waals surface area contributed by atoms with Crippen LogP contribution in [-0.2, 0) is 9.47 Å². The molecule has 0 N–H and O–H groups in total. The second kappa shape index (κ2) is 5.23. The first-order valence-corrected chi connectivity index (χ1v) is 5.58. The molecule has 0 aromatic heterocycles. The predicted molar refractivity (Wildman–Crippen MR) is 54.2 cm³/mol. The van der Waals surface area contributed by atoms with Crippen molar-refractivity contribution in [1.82, 2.24) is 0 Å². The van der Waals surface area contributed by atoms with Crippen molar-refractivity contribution in [3.63, 3.8) is 0 Å². The van der Waals surface area contributed by atoms with Gasteiger partial charge in [0.1, 0.15) is 12.2 Å². The van der Waals surface area contributed by atoms with Crippen LogP contribution >= 0.6 is 0 Å². The van der Waals surface area contributed by atoms with Crippen LogP contribution in [0.5, 0.6) is 0 Å². The Balaban J connectivity index is 2.41. The highest BCUT2D eigenvalue weighted by molar-refractivity contribution is 5.62. The van der Waals surface area contributed by atoms with Crippen molar-refractivity contribution in [2.75, 3.05) is 6.61 Å². The zero-order valence-electron chi connectivity index (χ0n) is 9.17. The minimum Gasteiger partial charge on any atom is -0.430 e. The zero-order valence-corrected chi connectivity index (χ0v) is 9.17. The lowest BCUT2D eigenvalue weighted by Crippen LogP contribution is -2.31. The van der Waals surface area contributed by atoms with Crippen molar-refractivity contribution in [2.45, 2.75) is 58.0 Å². The Morgan fingerprint density at radius 2 is 2.00 bits per heavy atom. The molecule has 0 bridgehead atoms. The van der Waals surface area contributed by atoms with Gasteiger partial charge in [-0.1, -0.05) is 33.1 Å². The highest BCUT2D eigenvalue weighted by atomic mass is 16.8. The van der Waals surface area contributed by atoms with Crippen LogP contribution in [0.2, 0.25) is 0 Å². The Morgan fingerprint density at radius 1 is 1.21 bits per heavy atom. The molecule has 1 saturated heterocycles. The molecule has 1 rings (SSSR count). The number of hydrogen-bond donors (Lipinski definition) is 0. The largest absolute Gasteiger partial charge is 0.509 e. The minimum absolute atomic E-state index is 0.305. The zero-order chi connectivity index (χ0) is 10.4. The number of rotatable bonds is 6. The summed E-state index contributed by atoms with van der Waals surface area (Å²) in [5.41, 5.74) is -0.305. The molecule has 3 nitrogen and oxygen atoms in total. The molecule has 0 aromatic rings. The summed E-state index contributed by atoms with van der Waals surface area (Å²) in [6.07, 6.45) is 5.91. The van der Waals surface area contributed by atoms with Crippen molar-refractivity contribution in [3.05, 3.63) is 0 Å². The number of unbranched alkanes of at least 4 members (excludes halogenated alkanes) is 2. The van der Waals surface area contributed by atoms with Gasteiger partial charge in [-0.25, -0.2) is 4.79 Å². The van der Waals surface area contributed by atoms with Gasteiger partial charge in [-0.15, -0.1) is 0 Å². The highest BCUT2D eigenvalue weighted by Crippen LogP contribution is 2.30. The average molecular weight is 200 g/mol. The maximum absolute atomic E-state index is 10.9. The second-order valence-corrected chi connectivity index (χ2v) is 4.03. The molecule has 1 aliphatic heterocycles. The summed E-state index contributed by atoms with van der Waals surface area (Å²) in [5, 5.41) is 0. The van der Waals surface area contributed by atoms with E-state index < -0.39 is 6.16 Å². The quantitative estimate of drug-likeness (QED) is 0.487. The number of cyclic esters (lactones) is 2. The van der Waals surface area contributed by atoms with Gasteiger partial charge in [0.2, 0.25) is 0 Å². The maximum atomic E-state index is 10.9. The molecule has 82 valence electrons. The Kier molecular flexibility index (Phi) is 4.23. The molecular formula is C11H20O3. The lowest BCUT2D eigenvalue weighted by Gasteiger charge is -2.24. The molecule has 1 unspecified atom stereocenters. The van der Waals surface area contributed by atoms with Gasteiger partial charge in [0.25, 0.3) is 0 Å². The van der Waals surface area contributed by atoms with Crippen LogP contribution in [0.25, 0.3) is 0 Å². The SMILES string of the molecule is CCCCCC1(CCC)COC(=O)O1. The van der Waals surface area contributed by atoms with Crippen LogP contribution in [0.4, 0.5) is 4.79 Å². The summed E-state index contributed by atoms with van der Waals surface area (Å²) in [7, 11) is 0. The highest BCUT2D eigenvalue weighted by Gasteiger charge is 2.40. The standard InChI is InChI=1S/C11H20O3/c1-3-5-6-8-11(7-4-2)9-13-10(12)14-11/h3-9H2,1-2H3. The molecule has 1 aliphatic rings. The van der Waals surface area contributed by atoms with E-state index in [0.29, 0.717) is 6.61 Å². The molecule has 3 heteroatoms. The van der Waals surface area contributed by atoms with Gasteiger partial charge in [-0.05, 0) is 19.3 Å². The molecule has 0 spiro atoms. The molecule has 0 amide bonds. The lowest BCUT2D eigenvalue weighted by molar-refractivity contribution is 0.0396. The third kappa shape index (κ3) is 2.89. The third-order valence-electron chi connectivity index (χ3n) is 2.69. The van der Waals surface area contributed by atoms with Crippen LogP contribution in [0.15, 0.2) is 0 Å². The van der Waals surface area contributed by atoms with E-state index in [1.165, 1.54) is 12.8 Å². The molecule has 1 fully saturated rings. The van der Waals surface area contributed by atoms with E-state index >= 15 is 0 Å². The fourth-order valence-corrected chi connectivity index (χ4v) is 1.95. The predicted octanol–water partition coefficient (Wildman–Crippen LogP) is 3.27. The van der Waals surface area contributed by atoms with E-state index in [1.807, 2.05) is 0 Å². The van der Waals surface area contributed by atoms with Crippen molar-refractivity contribution in [2.24, 2.45) is 0 Å². The molecular weight excluding hydrogens is 180 g/mol. The molecule has 1 atom stereocenters. The topological polar surface area (TPSA) is 35.5 Å². The van der Waals surface area contributed by atoms with Crippen LogP contribution in [0.3, 0.4) is 0 Å². The first kappa shape index (κ1) is 11.3. The smallest absolute Gasteiger partial charge is 0.430 e. The minimum atomic E-state index is -0.491. The van der Waals surface area contributed by atoms with Gasteiger partial charge in [-0.2, -0.15) is 0 Å². The van der Waals surface area contributed by atoms with E-state index in [2.05, 4.69) is 13.8 Å². The molecule has 0 aromatic carbocycles. The second-order valence-electron chi connectivity index (χ2n) is 4.03. The maximum Gasteiger partial charge on any atom is 0.509 e. The van der Waals surface area contributed by atoms with Crippen molar-refractivity contribution in [1.29, 1.82) is 0 Å². The Bertz CT molecular complexity index is 191. The van der Waals surface area contributed by atoms with E-state index in [1.54, 1.807) is 0 Å². The number of hydrogen-bond acceptors (Lipinski definition) is 3. The summed E-state index contributed by atoms with van der Waals surface area (Å²) in [6.45, 7) is 4.72. The Hall–Kier alpha value is -0.730. The summed E-state index contributed by atoms with van der Waals surface area (Å²) < 4.78 is 10.2. The number of ether oxygens (including phenoxy) is 2. The fourth-order valence-electron chi connectivity index (χ4n) is 1.95. The normalized spacial score (nSPS) is 26.0. The van der Waals surface area contributed by atoms with Crippen molar-refractivity contribution in [3.8, 4) is 0 Å². The molecule has 14 heavy (non-hydrogen) atoms. The molecule has 0 aliphatic carbocycles. The Morgan fingerprint density at radius 3 is 2.50 bits per heavy atom. The van der Waals surface area contributed by atoms with Crippen molar-refractivity contribution < 1.29 is 14.3 Å². The summed E-state index contributed by atoms with van der Waals surface area (Å²) in [4.78, 5) is 10.9. The van der Waals surface area contributed by atoms with E-state index in [4.69, 9.17) is 9.47 Å². The molecule has 0 saturated carbocycles. The number of carbonyl (C=O) groups is 1. The van der Waals surface area contributed by atoms with Gasteiger partial charge in [0.05, 0.1) is 0 Å².